The average Bonchev–Trinajstić information content (AvgIpc) is 4.19. The van der Waals surface area contributed by atoms with Gasteiger partial charge in [-0.1, -0.05) is 39.8 Å². The zero-order valence-electron chi connectivity index (χ0n) is 42.0. The molecule has 1 fully saturated rings. The topological polar surface area (TPSA) is 223 Å². The number of phenolic OH excluding ortho intramolecular Hbond substituents is 2. The first kappa shape index (κ1) is 49.1. The number of carbonyl (C=O) groups excluding carboxylic acids is 1. The van der Waals surface area contributed by atoms with Crippen LogP contribution in [0.4, 0.5) is 8.78 Å². The second-order valence-electron chi connectivity index (χ2n) is 19.8. The zero-order chi connectivity index (χ0) is 51.6. The summed E-state index contributed by atoms with van der Waals surface area (Å²) in [5.41, 5.74) is 11.4. The maximum atomic E-state index is 14.2. The van der Waals surface area contributed by atoms with E-state index in [0.29, 0.717) is 68.4 Å². The molecule has 0 radical (unpaired) electrons. The fraction of sp³-hybridized carbons (Fsp3) is 0.370. The van der Waals surface area contributed by atoms with E-state index in [2.05, 4.69) is 73.1 Å². The van der Waals surface area contributed by atoms with Gasteiger partial charge in [-0.3, -0.25) is 29.6 Å². The van der Waals surface area contributed by atoms with Gasteiger partial charge in [0.05, 0.1) is 45.4 Å². The van der Waals surface area contributed by atoms with Gasteiger partial charge in [-0.25, -0.2) is 18.7 Å². The van der Waals surface area contributed by atoms with Gasteiger partial charge in [0.1, 0.15) is 17.4 Å². The third kappa shape index (κ3) is 8.88. The first-order chi connectivity index (χ1) is 35.0. The number of fused-ring (bicyclic) bond motifs is 4. The number of likely N-dealkylation sites (tertiary alicyclic amines) is 1. The molecule has 19 heteroatoms. The van der Waals surface area contributed by atoms with Crippen molar-refractivity contribution in [3.63, 3.8) is 0 Å². The molecule has 17 nitrogen and oxygen atoms in total. The van der Waals surface area contributed by atoms with Crippen molar-refractivity contribution in [2.45, 2.75) is 91.0 Å². The first-order valence-electron chi connectivity index (χ1n) is 24.8. The van der Waals surface area contributed by atoms with E-state index in [1.807, 2.05) is 67.0 Å². The summed E-state index contributed by atoms with van der Waals surface area (Å²) in [5, 5.41) is 46.0. The second-order valence-corrected chi connectivity index (χ2v) is 19.8. The molecule has 1 saturated heterocycles. The van der Waals surface area contributed by atoms with Gasteiger partial charge in [0.25, 0.3) is 0 Å². The summed E-state index contributed by atoms with van der Waals surface area (Å²) in [5.74, 6) is -1.41. The number of aryl methyl sites for hydroxylation is 2. The number of amides is 1. The normalized spacial score (nSPS) is 17.6. The molecule has 0 bridgehead atoms. The molecule has 0 unspecified atom stereocenters. The van der Waals surface area contributed by atoms with E-state index in [1.54, 1.807) is 0 Å². The number of hydrogen-bond acceptors (Lipinski definition) is 11. The van der Waals surface area contributed by atoms with Crippen LogP contribution < -0.4 is 0 Å². The van der Waals surface area contributed by atoms with E-state index in [9.17, 15) is 33.7 Å². The zero-order valence-corrected chi connectivity index (χ0v) is 42.0. The SMILES string of the molecule is CCc1cc(O)c(F)cc1-c1ccc2c(-c3nc4c([nH]3)CN(CC)[C@H](C(=O)N3CC(C)(N(C)C)C3)C4)n[nH]c2c1.CCc1cc(O)c(F)cc1-c1ccc2c(-c3nc4c([nH]3)CN(CC)[C@H](C(=O)O)C4)n[nH]c2c1. The molecule has 7 heterocycles. The van der Waals surface area contributed by atoms with Crippen molar-refractivity contribution < 1.29 is 33.7 Å². The van der Waals surface area contributed by atoms with Gasteiger partial charge in [0, 0.05) is 49.8 Å². The number of imidazole rings is 2. The summed E-state index contributed by atoms with van der Waals surface area (Å²) in [4.78, 5) is 49.8. The summed E-state index contributed by atoms with van der Waals surface area (Å²) in [6, 6.07) is 16.4. The van der Waals surface area contributed by atoms with Crippen LogP contribution in [0.5, 0.6) is 11.5 Å². The number of phenols is 2. The van der Waals surface area contributed by atoms with Gasteiger partial charge >= 0.3 is 5.97 Å². The van der Waals surface area contributed by atoms with Crippen LogP contribution in [0.2, 0.25) is 0 Å². The predicted octanol–water partition coefficient (Wildman–Crippen LogP) is 7.79. The van der Waals surface area contributed by atoms with Crippen LogP contribution >= 0.6 is 0 Å². The van der Waals surface area contributed by atoms with Crippen molar-refractivity contribution in [1.29, 1.82) is 0 Å². The van der Waals surface area contributed by atoms with Gasteiger partial charge in [-0.05, 0) is 129 Å². The van der Waals surface area contributed by atoms with Gasteiger partial charge in [0.2, 0.25) is 5.91 Å². The highest BCUT2D eigenvalue weighted by Crippen LogP contribution is 2.37. The highest BCUT2D eigenvalue weighted by Gasteiger charge is 2.46. The Morgan fingerprint density at radius 1 is 0.699 bits per heavy atom. The number of carboxylic acid groups (broad SMARTS) is 1. The second kappa shape index (κ2) is 19.2. The average molecular weight is 995 g/mol. The van der Waals surface area contributed by atoms with Crippen LogP contribution in [0.1, 0.15) is 68.5 Å². The third-order valence-corrected chi connectivity index (χ3v) is 15.2. The molecule has 3 aliphatic heterocycles. The van der Waals surface area contributed by atoms with Gasteiger partial charge in [-0.15, -0.1) is 0 Å². The Morgan fingerprint density at radius 2 is 1.15 bits per heavy atom. The minimum Gasteiger partial charge on any atom is -0.505 e. The number of nitrogens with zero attached hydrogens (tertiary/aromatic N) is 8. The maximum Gasteiger partial charge on any atom is 0.321 e. The molecule has 0 aliphatic carbocycles. The number of aromatic amines is 4. The number of benzene rings is 4. The molecular weight excluding hydrogens is 935 g/mol. The summed E-state index contributed by atoms with van der Waals surface area (Å²) in [6.45, 7) is 14.2. The van der Waals surface area contributed by atoms with E-state index in [1.165, 1.54) is 24.3 Å². The van der Waals surface area contributed by atoms with E-state index in [-0.39, 0.29) is 29.0 Å². The maximum absolute atomic E-state index is 14.2. The molecule has 0 saturated carbocycles. The van der Waals surface area contributed by atoms with E-state index >= 15 is 0 Å². The number of carbonyl (C=O) groups is 2. The summed E-state index contributed by atoms with van der Waals surface area (Å²) in [7, 11) is 4.13. The van der Waals surface area contributed by atoms with Crippen molar-refractivity contribution in [2.24, 2.45) is 0 Å². The number of aliphatic carboxylic acids is 1. The highest BCUT2D eigenvalue weighted by molar-refractivity contribution is 5.95. The number of carboxylic acids is 1. The number of halogens is 2. The molecule has 0 spiro atoms. The van der Waals surface area contributed by atoms with Crippen LogP contribution in [-0.2, 0) is 48.4 Å². The fourth-order valence-electron chi connectivity index (χ4n) is 10.6. The Balaban J connectivity index is 0.000000171. The Bertz CT molecular complexity index is 3420. The fourth-order valence-corrected chi connectivity index (χ4v) is 10.6. The number of nitrogens with one attached hydrogen (secondary N) is 4. The molecule has 7 N–H and O–H groups in total. The van der Waals surface area contributed by atoms with Crippen molar-refractivity contribution in [3.8, 4) is 56.8 Å². The number of hydrogen-bond donors (Lipinski definition) is 7. The Kier molecular flexibility index (Phi) is 12.9. The molecule has 1 amide bonds. The van der Waals surface area contributed by atoms with Crippen LogP contribution in [0.3, 0.4) is 0 Å². The molecular formula is C54H60F2N12O5. The van der Waals surface area contributed by atoms with Crippen molar-refractivity contribution in [3.05, 3.63) is 106 Å². The van der Waals surface area contributed by atoms with Gasteiger partial charge in [-0.2, -0.15) is 10.2 Å². The highest BCUT2D eigenvalue weighted by atomic mass is 19.1. The first-order valence-corrected chi connectivity index (χ1v) is 24.8. The molecule has 2 atom stereocenters. The van der Waals surface area contributed by atoms with E-state index in [4.69, 9.17) is 4.98 Å². The Morgan fingerprint density at radius 3 is 1.58 bits per heavy atom. The van der Waals surface area contributed by atoms with Crippen LogP contribution in [0.15, 0.2) is 60.7 Å². The smallest absolute Gasteiger partial charge is 0.321 e. The van der Waals surface area contributed by atoms with Crippen molar-refractivity contribution in [1.82, 2.24) is 59.9 Å². The monoisotopic (exact) mass is 994 g/mol. The summed E-state index contributed by atoms with van der Waals surface area (Å²) in [6.07, 6.45) is 2.22. The Labute approximate surface area is 420 Å². The molecule has 380 valence electrons. The number of rotatable bonds is 11. The molecule has 4 aromatic carbocycles. The summed E-state index contributed by atoms with van der Waals surface area (Å²) >= 11 is 0. The largest absolute Gasteiger partial charge is 0.505 e. The lowest BCUT2D eigenvalue weighted by atomic mass is 9.89. The lowest BCUT2D eigenvalue weighted by Gasteiger charge is -2.53. The number of H-pyrrole nitrogens is 4. The standard InChI is InChI=1S/C30H36FN7O2.C24H24FN5O3/c1-6-17-11-26(39)21(31)12-20(17)18-8-9-19-22(10-18)34-35-27(19)28-32-23-13-25(37(7-2)14-24(23)33-28)29(40)38-15-30(3,16-38)36(4)5;1-3-12-8-21(31)16(25)9-15(12)13-5-6-14-17(7-13)28-29-22(14)23-26-18-10-20(24(32)33)30(4-2)11-19(18)27-23/h8-12,25,39H,6-7,13-16H2,1-5H3,(H,32,33)(H,34,35);5-9,20,31H,3-4,10-11H2,1-2H3,(H,26,27)(H,28,29)(H,32,33)/t25-;20-/m00/s1. The van der Waals surface area contributed by atoms with Crippen LogP contribution in [0.25, 0.3) is 67.1 Å². The minimum atomic E-state index is -0.845. The van der Waals surface area contributed by atoms with Gasteiger partial charge < -0.3 is 35.1 Å². The lowest BCUT2D eigenvalue weighted by molar-refractivity contribution is -0.150. The third-order valence-electron chi connectivity index (χ3n) is 15.2. The molecule has 73 heavy (non-hydrogen) atoms. The van der Waals surface area contributed by atoms with E-state index < -0.39 is 23.6 Å². The predicted molar refractivity (Wildman–Crippen MR) is 274 cm³/mol. The lowest BCUT2D eigenvalue weighted by Crippen LogP contribution is -2.70. The Hall–Kier alpha value is -7.48. The number of aromatic hydroxyl groups is 2. The van der Waals surface area contributed by atoms with Crippen molar-refractivity contribution in [2.75, 3.05) is 40.3 Å². The molecule has 3 aliphatic rings. The minimum absolute atomic E-state index is 0.0292. The quantitative estimate of drug-likeness (QED) is 0.0660. The molecule has 4 aromatic heterocycles. The number of aromatic nitrogens is 8. The number of likely N-dealkylation sites (N-methyl/N-ethyl adjacent to an activating group) is 3. The van der Waals surface area contributed by atoms with Crippen LogP contribution in [-0.4, -0.2) is 145 Å². The van der Waals surface area contributed by atoms with Crippen molar-refractivity contribution >= 4 is 33.7 Å². The summed E-state index contributed by atoms with van der Waals surface area (Å²) < 4.78 is 28.2. The van der Waals surface area contributed by atoms with E-state index in [0.717, 1.165) is 97.6 Å². The van der Waals surface area contributed by atoms with Gasteiger partial charge in [0.15, 0.2) is 34.8 Å². The van der Waals surface area contributed by atoms with Crippen LogP contribution in [0, 0.1) is 11.6 Å². The molecule has 11 rings (SSSR count). The molecule has 8 aromatic rings.